The number of ether oxygens (including phenoxy) is 1. The molecule has 1 saturated heterocycles. The van der Waals surface area contributed by atoms with Gasteiger partial charge in [-0.05, 0) is 31.9 Å². The number of nitrogens with zero attached hydrogens (tertiary/aromatic N) is 1. The Kier molecular flexibility index (Phi) is 6.37. The molecule has 30 heavy (non-hydrogen) atoms. The summed E-state index contributed by atoms with van der Waals surface area (Å²) < 4.78 is 5.22. The Balaban J connectivity index is 2.14. The lowest BCUT2D eigenvalue weighted by Crippen LogP contribution is -2.65. The molecule has 1 heterocycles. The molecular weight excluding hydrogens is 382 g/mol. The van der Waals surface area contributed by atoms with Gasteiger partial charge in [0.15, 0.2) is 0 Å². The number of hydrogen-bond acceptors (Lipinski definition) is 5. The van der Waals surface area contributed by atoms with Gasteiger partial charge in [-0.25, -0.2) is 0 Å². The van der Waals surface area contributed by atoms with Crippen LogP contribution in [0.2, 0.25) is 0 Å². The highest BCUT2D eigenvalue weighted by molar-refractivity contribution is 6.01. The summed E-state index contributed by atoms with van der Waals surface area (Å²) in [6.07, 6.45) is 0. The van der Waals surface area contributed by atoms with Crippen molar-refractivity contribution in [1.29, 1.82) is 0 Å². The Morgan fingerprint density at radius 2 is 1.63 bits per heavy atom. The molecule has 0 spiro atoms. The van der Waals surface area contributed by atoms with Crippen molar-refractivity contribution in [3.05, 3.63) is 71.8 Å². The number of carbonyl (C=O) groups is 3. The molecule has 1 N–H and O–H groups in total. The summed E-state index contributed by atoms with van der Waals surface area (Å²) >= 11 is 0. The first-order valence-corrected chi connectivity index (χ1v) is 10.1. The number of rotatable bonds is 6. The first kappa shape index (κ1) is 21.7. The molecule has 0 aliphatic carbocycles. The molecule has 0 saturated carbocycles. The maximum Gasteiger partial charge on any atom is 0.319 e. The van der Waals surface area contributed by atoms with E-state index < -0.39 is 35.4 Å². The number of esters is 1. The van der Waals surface area contributed by atoms with Gasteiger partial charge in [-0.15, -0.1) is 0 Å². The Hall–Kier alpha value is -2.99. The minimum atomic E-state index is -1.78. The van der Waals surface area contributed by atoms with Crippen LogP contribution in [-0.4, -0.2) is 40.0 Å². The van der Waals surface area contributed by atoms with Crippen molar-refractivity contribution < 1.29 is 24.2 Å². The summed E-state index contributed by atoms with van der Waals surface area (Å²) in [6.45, 7) is 4.71. The topological polar surface area (TPSA) is 83.9 Å². The van der Waals surface area contributed by atoms with Gasteiger partial charge in [0, 0.05) is 12.5 Å². The van der Waals surface area contributed by atoms with Crippen LogP contribution in [0, 0.1) is 11.8 Å². The quantitative estimate of drug-likeness (QED) is 0.586. The van der Waals surface area contributed by atoms with Gasteiger partial charge in [-0.1, -0.05) is 60.7 Å². The maximum absolute atomic E-state index is 13.6. The van der Waals surface area contributed by atoms with E-state index in [9.17, 15) is 19.5 Å². The average Bonchev–Trinajstić information content (AvgIpc) is 2.71. The summed E-state index contributed by atoms with van der Waals surface area (Å²) in [5.74, 6) is -4.56. The molecule has 3 rings (SSSR count). The zero-order valence-corrected chi connectivity index (χ0v) is 17.4. The van der Waals surface area contributed by atoms with E-state index in [1.807, 2.05) is 36.4 Å². The molecule has 0 aromatic heterocycles. The molecule has 4 atom stereocenters. The van der Waals surface area contributed by atoms with E-state index in [1.165, 1.54) is 18.7 Å². The number of piperidine rings is 1. The average molecular weight is 409 g/mol. The van der Waals surface area contributed by atoms with Crippen LogP contribution in [0.15, 0.2) is 60.7 Å². The van der Waals surface area contributed by atoms with E-state index in [2.05, 4.69) is 0 Å². The number of ketones is 1. The lowest BCUT2D eigenvalue weighted by atomic mass is 9.66. The van der Waals surface area contributed by atoms with Crippen LogP contribution >= 0.6 is 0 Å². The van der Waals surface area contributed by atoms with Gasteiger partial charge in [0.05, 0.1) is 12.5 Å². The molecule has 4 unspecified atom stereocenters. The van der Waals surface area contributed by atoms with Crippen molar-refractivity contribution in [2.45, 2.75) is 39.0 Å². The third-order valence-electron chi connectivity index (χ3n) is 5.73. The van der Waals surface area contributed by atoms with E-state index in [4.69, 9.17) is 4.74 Å². The highest BCUT2D eigenvalue weighted by atomic mass is 16.5. The minimum absolute atomic E-state index is 0.0773. The van der Waals surface area contributed by atoms with Crippen molar-refractivity contribution in [3.63, 3.8) is 0 Å². The van der Waals surface area contributed by atoms with Crippen molar-refractivity contribution >= 4 is 17.7 Å². The van der Waals surface area contributed by atoms with Gasteiger partial charge in [-0.3, -0.25) is 14.4 Å². The highest BCUT2D eigenvalue weighted by Crippen LogP contribution is 2.47. The zero-order chi connectivity index (χ0) is 21.9. The first-order chi connectivity index (χ1) is 14.3. The Bertz CT molecular complexity index is 910. The van der Waals surface area contributed by atoms with E-state index in [0.717, 1.165) is 5.56 Å². The third kappa shape index (κ3) is 4.00. The van der Waals surface area contributed by atoms with Crippen LogP contribution in [-0.2, 0) is 25.7 Å². The van der Waals surface area contributed by atoms with E-state index in [1.54, 1.807) is 31.2 Å². The summed E-state index contributed by atoms with van der Waals surface area (Å²) in [7, 11) is 0. The van der Waals surface area contributed by atoms with Gasteiger partial charge in [0.1, 0.15) is 17.4 Å². The highest BCUT2D eigenvalue weighted by Gasteiger charge is 2.59. The maximum atomic E-state index is 13.6. The van der Waals surface area contributed by atoms with Crippen LogP contribution in [0.1, 0.15) is 37.8 Å². The molecule has 0 bridgehead atoms. The van der Waals surface area contributed by atoms with Crippen molar-refractivity contribution in [2.75, 3.05) is 6.61 Å². The first-order valence-electron chi connectivity index (χ1n) is 10.1. The second kappa shape index (κ2) is 8.79. The summed E-state index contributed by atoms with van der Waals surface area (Å²) in [5, 5.41) is 11.5. The Morgan fingerprint density at radius 1 is 1.07 bits per heavy atom. The number of aliphatic hydroxyl groups is 1. The number of carbonyl (C=O) groups excluding carboxylic acids is 3. The SMILES string of the molecule is CCOC(=O)C1C(=O)N(Cc2ccccc2)C(C)(O)C(C(C)=O)C1c1ccccc1. The molecule has 6 heteroatoms. The lowest BCUT2D eigenvalue weighted by Gasteiger charge is -2.51. The van der Waals surface area contributed by atoms with E-state index >= 15 is 0 Å². The van der Waals surface area contributed by atoms with Gasteiger partial charge in [0.2, 0.25) is 5.91 Å². The summed E-state index contributed by atoms with van der Waals surface area (Å²) in [5.41, 5.74) is -0.347. The fourth-order valence-electron chi connectivity index (χ4n) is 4.43. The monoisotopic (exact) mass is 409 g/mol. The van der Waals surface area contributed by atoms with Gasteiger partial charge >= 0.3 is 5.97 Å². The molecular formula is C24H27NO5. The predicted molar refractivity (Wildman–Crippen MR) is 111 cm³/mol. The van der Waals surface area contributed by atoms with Crippen LogP contribution in [0.25, 0.3) is 0 Å². The second-order valence-electron chi connectivity index (χ2n) is 7.76. The fourth-order valence-corrected chi connectivity index (χ4v) is 4.43. The van der Waals surface area contributed by atoms with Crippen molar-refractivity contribution in [2.24, 2.45) is 11.8 Å². The molecule has 2 aromatic rings. The zero-order valence-electron chi connectivity index (χ0n) is 17.4. The minimum Gasteiger partial charge on any atom is -0.465 e. The van der Waals surface area contributed by atoms with E-state index in [-0.39, 0.29) is 18.9 Å². The number of Topliss-reactive ketones (excluding diaryl/α,β-unsaturated/α-hetero) is 1. The third-order valence-corrected chi connectivity index (χ3v) is 5.73. The van der Waals surface area contributed by atoms with Crippen LogP contribution in [0.5, 0.6) is 0 Å². The molecule has 2 aromatic carbocycles. The van der Waals surface area contributed by atoms with Crippen molar-refractivity contribution in [3.8, 4) is 0 Å². The van der Waals surface area contributed by atoms with Crippen LogP contribution in [0.3, 0.4) is 0 Å². The second-order valence-corrected chi connectivity index (χ2v) is 7.76. The Morgan fingerprint density at radius 3 is 2.17 bits per heavy atom. The summed E-state index contributed by atoms with van der Waals surface area (Å²) in [4.78, 5) is 40.5. The summed E-state index contributed by atoms with van der Waals surface area (Å²) in [6, 6.07) is 18.1. The number of benzene rings is 2. The predicted octanol–water partition coefficient (Wildman–Crippen LogP) is 2.91. The molecule has 1 amide bonds. The lowest BCUT2D eigenvalue weighted by molar-refractivity contribution is -0.200. The normalized spacial score (nSPS) is 26.3. The molecule has 158 valence electrons. The number of amides is 1. The Labute approximate surface area is 176 Å². The smallest absolute Gasteiger partial charge is 0.319 e. The number of likely N-dealkylation sites (tertiary alicyclic amines) is 1. The van der Waals surface area contributed by atoms with Crippen LogP contribution < -0.4 is 0 Å². The molecule has 1 fully saturated rings. The number of hydrogen-bond donors (Lipinski definition) is 1. The van der Waals surface area contributed by atoms with Gasteiger partial charge in [-0.2, -0.15) is 0 Å². The molecule has 0 radical (unpaired) electrons. The van der Waals surface area contributed by atoms with Gasteiger partial charge < -0.3 is 14.7 Å². The molecule has 1 aliphatic rings. The largest absolute Gasteiger partial charge is 0.465 e. The van der Waals surface area contributed by atoms with Crippen LogP contribution in [0.4, 0.5) is 0 Å². The van der Waals surface area contributed by atoms with Gasteiger partial charge in [0.25, 0.3) is 0 Å². The molecule has 6 nitrogen and oxygen atoms in total. The standard InChI is InChI=1S/C24H27NO5/c1-4-30-23(28)20-19(18-13-9-6-10-14-18)21(16(2)26)24(3,29)25(22(20)27)15-17-11-7-5-8-12-17/h5-14,19-21,29H,4,15H2,1-3H3. The molecule has 1 aliphatic heterocycles. The van der Waals surface area contributed by atoms with E-state index in [0.29, 0.717) is 5.56 Å². The van der Waals surface area contributed by atoms with Crippen molar-refractivity contribution in [1.82, 2.24) is 4.90 Å². The fraction of sp³-hybridized carbons (Fsp3) is 0.375.